The van der Waals surface area contributed by atoms with Crippen molar-refractivity contribution in [3.05, 3.63) is 257 Å². The quantitative estimate of drug-likeness (QED) is 0.0269. The van der Waals surface area contributed by atoms with Gasteiger partial charge in [0.1, 0.15) is 11.5 Å². The Kier molecular flexibility index (Phi) is 29.0. The average molecular weight is 1680 g/mol. The van der Waals surface area contributed by atoms with Crippen molar-refractivity contribution in [1.29, 1.82) is 0 Å². The van der Waals surface area contributed by atoms with E-state index in [2.05, 4.69) is 240 Å². The van der Waals surface area contributed by atoms with E-state index in [0.717, 1.165) is 216 Å². The van der Waals surface area contributed by atoms with Gasteiger partial charge in [-0.2, -0.15) is 0 Å². The molecule has 10 aromatic rings. The van der Waals surface area contributed by atoms with Gasteiger partial charge in [0.15, 0.2) is 34.5 Å². The second-order valence-electron chi connectivity index (χ2n) is 31.9. The van der Waals surface area contributed by atoms with Gasteiger partial charge in [-0.25, -0.2) is 0 Å². The highest BCUT2D eigenvalue weighted by molar-refractivity contribution is 8.22. The predicted octanol–water partition coefficient (Wildman–Crippen LogP) is 23.6. The van der Waals surface area contributed by atoms with Gasteiger partial charge in [-0.15, -0.1) is 0 Å². The van der Waals surface area contributed by atoms with Crippen molar-refractivity contribution >= 4 is 85.4 Å². The molecule has 0 N–H and O–H groups in total. The zero-order valence-corrected chi connectivity index (χ0v) is 73.8. The summed E-state index contributed by atoms with van der Waals surface area (Å²) in [6.45, 7) is 9.79. The lowest BCUT2D eigenvalue weighted by molar-refractivity contribution is 0.0851. The highest BCUT2D eigenvalue weighted by atomic mass is 32.4. The van der Waals surface area contributed by atoms with Crippen molar-refractivity contribution in [3.8, 4) is 63.2 Å². The lowest BCUT2D eigenvalue weighted by atomic mass is 9.75. The van der Waals surface area contributed by atoms with Gasteiger partial charge in [-0.05, 0) is 139 Å². The van der Waals surface area contributed by atoms with Gasteiger partial charge in [0.25, 0.3) is 0 Å². The fourth-order valence-electron chi connectivity index (χ4n) is 18.2. The molecule has 8 bridgehead atoms. The van der Waals surface area contributed by atoms with Gasteiger partial charge in [0.05, 0.1) is 19.8 Å². The summed E-state index contributed by atoms with van der Waals surface area (Å²) in [4.78, 5) is 0. The molecule has 0 radical (unpaired) electrons. The van der Waals surface area contributed by atoms with E-state index in [4.69, 9.17) is 87.5 Å². The minimum absolute atomic E-state index is 0.0916. The number of hydrogen-bond donors (Lipinski definition) is 0. The summed E-state index contributed by atoms with van der Waals surface area (Å²) in [6, 6.07) is 69.8. The minimum Gasteiger partial charge on any atom is -0.486 e. The Hall–Kier alpha value is -8.05. The highest BCUT2D eigenvalue weighted by Gasteiger charge is 2.43. The summed E-state index contributed by atoms with van der Waals surface area (Å²) in [5.74, 6) is 5.79. The first-order valence-electron chi connectivity index (χ1n) is 43.4. The lowest BCUT2D eigenvalue weighted by Crippen LogP contribution is -2.24. The molecular weight excluding hydrogens is 1570 g/mol. The van der Waals surface area contributed by atoms with Crippen LogP contribution in [0.15, 0.2) is 212 Å². The van der Waals surface area contributed by atoms with Crippen LogP contribution >= 0.6 is 18.1 Å². The average Bonchev–Trinajstić information content (AvgIpc) is 0.721. The standard InChI is InChI=1S/C100H115O11P3S3/c1-5-9-19-53-78-82-63-83-79(54-20-10-6-2)85-65-87-81(56-22-12-8-4)89-66-88-80(55-21-11-7-3)86-64-84(78)92-98(101-57-35-38-60-112(115,72-41-23-13-24-42-72)73-43-25-14-26-44-73)94(86)108-70-110-96(88)100(103-59-37-40-62-114(117,76-49-31-17-32-50-76)77-51-33-18-34-52-77)97(89)111-71-109-95(87)99(93(85)107-69-105-91(83)67-90(82)104-68-106-92)102-58-36-39-61-113(116,74-45-27-15-28-46-74)75-47-29-16-30-48-75/h13-18,23-34,41-52,63-67,78-81H,5-12,19-22,35-40,53-62,68-71H2,1-4H3. The molecule has 614 valence electrons. The third kappa shape index (κ3) is 18.6. The van der Waals surface area contributed by atoms with Crippen molar-refractivity contribution in [1.82, 2.24) is 0 Å². The molecule has 0 spiro atoms. The summed E-state index contributed by atoms with van der Waals surface area (Å²) in [6.07, 6.45) is 22.5. The van der Waals surface area contributed by atoms with E-state index in [1.807, 2.05) is 0 Å². The smallest absolute Gasteiger partial charge is 0.231 e. The molecule has 15 rings (SSSR count). The van der Waals surface area contributed by atoms with Crippen LogP contribution in [0, 0.1) is 0 Å². The molecular formula is C100H115O11P3S3. The number of unbranched alkanes of at least 4 members (excludes halogenated alkanes) is 11. The maximum absolute atomic E-state index is 7.60. The summed E-state index contributed by atoms with van der Waals surface area (Å²) in [5.41, 5.74) is 8.35. The predicted molar refractivity (Wildman–Crippen MR) is 492 cm³/mol. The van der Waals surface area contributed by atoms with Crippen molar-refractivity contribution in [2.75, 3.05) is 65.5 Å². The van der Waals surface area contributed by atoms with Crippen molar-refractivity contribution in [3.63, 3.8) is 0 Å². The summed E-state index contributed by atoms with van der Waals surface area (Å²) < 4.78 is 80.8. The molecule has 4 unspecified atom stereocenters. The largest absolute Gasteiger partial charge is 0.486 e. The van der Waals surface area contributed by atoms with Crippen molar-refractivity contribution < 1.29 is 52.1 Å². The summed E-state index contributed by atoms with van der Waals surface area (Å²) >= 11 is 20.6. The van der Waals surface area contributed by atoms with Crippen molar-refractivity contribution in [2.45, 2.75) is 193 Å². The van der Waals surface area contributed by atoms with Crippen LogP contribution < -0.4 is 83.9 Å². The molecule has 1 aliphatic carbocycles. The number of rotatable bonds is 40. The molecule has 10 aromatic carbocycles. The highest BCUT2D eigenvalue weighted by Crippen LogP contribution is 2.62. The molecule has 4 aliphatic heterocycles. The molecule has 4 heterocycles. The third-order valence-electron chi connectivity index (χ3n) is 24.3. The molecule has 5 aliphatic rings. The summed E-state index contributed by atoms with van der Waals surface area (Å²) in [7, 11) is 0. The number of hydrogen-bond acceptors (Lipinski definition) is 14. The Labute approximate surface area is 710 Å². The van der Waals surface area contributed by atoms with Crippen LogP contribution in [-0.2, 0) is 35.4 Å². The number of ether oxygens (including phenoxy) is 11. The van der Waals surface area contributed by atoms with Crippen LogP contribution in [0.2, 0.25) is 0 Å². The van der Waals surface area contributed by atoms with E-state index in [0.29, 0.717) is 71.6 Å². The van der Waals surface area contributed by atoms with E-state index in [1.165, 1.54) is 31.8 Å². The Bertz CT molecular complexity index is 4710. The van der Waals surface area contributed by atoms with Gasteiger partial charge in [0, 0.05) is 92.4 Å². The zero-order valence-electron chi connectivity index (χ0n) is 68.7. The van der Waals surface area contributed by atoms with E-state index < -0.39 is 18.1 Å². The monoisotopic (exact) mass is 1680 g/mol. The molecule has 0 amide bonds. The van der Waals surface area contributed by atoms with Gasteiger partial charge in [-0.1, -0.05) is 322 Å². The first-order valence-corrected chi connectivity index (χ1v) is 52.3. The Morgan fingerprint density at radius 1 is 0.256 bits per heavy atom. The number of benzene rings is 10. The second-order valence-corrected chi connectivity index (χ2v) is 46.4. The van der Waals surface area contributed by atoms with Crippen LogP contribution in [0.5, 0.6) is 63.2 Å². The lowest BCUT2D eigenvalue weighted by Gasteiger charge is -2.36. The topological polar surface area (TPSA) is 102 Å². The molecule has 17 heteroatoms. The maximum atomic E-state index is 7.60. The van der Waals surface area contributed by atoms with E-state index in [9.17, 15) is 0 Å². The van der Waals surface area contributed by atoms with Gasteiger partial charge >= 0.3 is 0 Å². The van der Waals surface area contributed by atoms with Gasteiger partial charge < -0.3 is 52.1 Å². The Morgan fingerprint density at radius 2 is 0.470 bits per heavy atom. The fraction of sp³-hybridized carbons (Fsp3) is 0.400. The van der Waals surface area contributed by atoms with E-state index in [-0.39, 0.29) is 50.8 Å². The molecule has 0 fully saturated rings. The van der Waals surface area contributed by atoms with Crippen LogP contribution in [0.4, 0.5) is 0 Å². The zero-order chi connectivity index (χ0) is 80.4. The fourth-order valence-corrected chi connectivity index (χ4v) is 29.9. The Morgan fingerprint density at radius 3 is 0.701 bits per heavy atom. The first kappa shape index (κ1) is 84.0. The molecule has 0 saturated carbocycles. The van der Waals surface area contributed by atoms with E-state index >= 15 is 0 Å². The van der Waals surface area contributed by atoms with E-state index in [1.54, 1.807) is 0 Å². The minimum atomic E-state index is -2.22. The van der Waals surface area contributed by atoms with Crippen molar-refractivity contribution in [2.24, 2.45) is 0 Å². The summed E-state index contributed by atoms with van der Waals surface area (Å²) in [5, 5.41) is 7.32. The van der Waals surface area contributed by atoms with Gasteiger partial charge in [-0.3, -0.25) is 0 Å². The molecule has 117 heavy (non-hydrogen) atoms. The van der Waals surface area contributed by atoms with Crippen LogP contribution in [0.25, 0.3) is 0 Å². The molecule has 0 aromatic heterocycles. The molecule has 11 nitrogen and oxygen atoms in total. The van der Waals surface area contributed by atoms with Crippen LogP contribution in [0.1, 0.15) is 237 Å². The first-order chi connectivity index (χ1) is 57.6. The Balaban J connectivity index is 0.927. The van der Waals surface area contributed by atoms with Crippen LogP contribution in [0.3, 0.4) is 0 Å². The maximum Gasteiger partial charge on any atom is 0.231 e. The van der Waals surface area contributed by atoms with Crippen LogP contribution in [-0.4, -0.2) is 65.5 Å². The SMILES string of the molecule is CCCCCC1c2cc3c4cc2OCOc2c1cc1c(c2OCCCCP(=S)(c2ccccc2)c2ccccc2)OCOc2c(cc5c(c2OCCCCP(=S)(c2ccccc2)c2ccccc2)OCOc2c(cc(c(c2OCCCCP(=S)(c2ccccc2)c2ccccc2)OCO4)C3CCCCC)C5CCCCC)C1CCCCC. The second kappa shape index (κ2) is 40.3. The molecule has 4 atom stereocenters. The normalized spacial score (nSPS) is 16.3. The molecule has 0 saturated heterocycles. The third-order valence-corrected chi connectivity index (χ3v) is 39.4. The van der Waals surface area contributed by atoms with Gasteiger partial charge in [0.2, 0.25) is 44.4 Å².